The molecule has 0 amide bonds. The zero-order valence-corrected chi connectivity index (χ0v) is 11.5. The van der Waals surface area contributed by atoms with Gasteiger partial charge in [0.15, 0.2) is 6.29 Å². The molecule has 0 radical (unpaired) electrons. The van der Waals surface area contributed by atoms with Crippen LogP contribution >= 0.6 is 0 Å². The average molecular weight is 279 g/mol. The van der Waals surface area contributed by atoms with Crippen molar-refractivity contribution < 1.29 is 14.4 Å². The highest BCUT2D eigenvalue weighted by molar-refractivity contribution is 5.98. The van der Waals surface area contributed by atoms with Crippen LogP contribution in [0.3, 0.4) is 0 Å². The highest BCUT2D eigenvalue weighted by Gasteiger charge is 2.17. The number of amidine groups is 1. The zero-order chi connectivity index (χ0) is 14.5. The van der Waals surface area contributed by atoms with Crippen LogP contribution < -0.4 is 5.32 Å². The molecule has 1 N–H and O–H groups in total. The maximum absolute atomic E-state index is 10.7. The number of nitrogens with zero attached hydrogens (tertiary/aromatic N) is 2. The smallest absolute Gasteiger partial charge is 0.269 e. The quantitative estimate of drug-likeness (QED) is 0.506. The van der Waals surface area contributed by atoms with Crippen LogP contribution in [0.5, 0.6) is 0 Å². The number of nitro groups is 1. The second kappa shape index (κ2) is 6.44. The molecule has 20 heavy (non-hydrogen) atoms. The number of methoxy groups -OCH3 is 2. The van der Waals surface area contributed by atoms with Crippen LogP contribution in [0.1, 0.15) is 12.0 Å². The fourth-order valence-electron chi connectivity index (χ4n) is 2.04. The molecule has 0 spiro atoms. The summed E-state index contributed by atoms with van der Waals surface area (Å²) in [5.74, 6) is 0.838. The molecule has 0 saturated carbocycles. The first-order valence-corrected chi connectivity index (χ1v) is 6.27. The molecule has 7 nitrogen and oxygen atoms in total. The van der Waals surface area contributed by atoms with E-state index in [0.717, 1.165) is 23.5 Å². The van der Waals surface area contributed by atoms with Gasteiger partial charge in [-0.3, -0.25) is 15.1 Å². The van der Waals surface area contributed by atoms with E-state index in [1.165, 1.54) is 6.07 Å². The predicted molar refractivity (Wildman–Crippen MR) is 75.1 cm³/mol. The summed E-state index contributed by atoms with van der Waals surface area (Å²) in [6.45, 7) is 0.414. The second-order valence-corrected chi connectivity index (χ2v) is 4.41. The van der Waals surface area contributed by atoms with Crippen LogP contribution in [-0.4, -0.2) is 37.8 Å². The number of non-ortho nitro benzene ring substituents is 1. The van der Waals surface area contributed by atoms with E-state index >= 15 is 0 Å². The number of ether oxygens (including phenoxy) is 2. The summed E-state index contributed by atoms with van der Waals surface area (Å²) in [4.78, 5) is 14.7. The normalized spacial score (nSPS) is 16.1. The lowest BCUT2D eigenvalue weighted by Gasteiger charge is -2.20. The lowest BCUT2D eigenvalue weighted by atomic mass is 10.0. The first kappa shape index (κ1) is 14.4. The Morgan fingerprint density at radius 3 is 2.80 bits per heavy atom. The molecule has 0 unspecified atom stereocenters. The fourth-order valence-corrected chi connectivity index (χ4v) is 2.04. The molecule has 0 atom stereocenters. The van der Waals surface area contributed by atoms with Crippen LogP contribution in [0.25, 0.3) is 0 Å². The molecule has 0 aliphatic carbocycles. The molecule has 1 aromatic rings. The summed E-state index contributed by atoms with van der Waals surface area (Å²) in [5.41, 5.74) is 1.92. The van der Waals surface area contributed by atoms with E-state index in [2.05, 4.69) is 10.3 Å². The number of hydrogen-bond acceptors (Lipinski definition) is 5. The molecule has 1 aliphatic rings. The maximum atomic E-state index is 10.7. The third kappa shape index (κ3) is 3.31. The Labute approximate surface area is 116 Å². The number of benzene rings is 1. The number of aryl methyl sites for hydroxylation is 1. The van der Waals surface area contributed by atoms with Gasteiger partial charge >= 0.3 is 0 Å². The Morgan fingerprint density at radius 1 is 1.40 bits per heavy atom. The van der Waals surface area contributed by atoms with Crippen molar-refractivity contribution in [2.75, 3.05) is 26.1 Å². The number of nitrogens with one attached hydrogen (secondary N) is 1. The number of hydrogen-bond donors (Lipinski definition) is 1. The van der Waals surface area contributed by atoms with E-state index in [9.17, 15) is 10.1 Å². The highest BCUT2D eigenvalue weighted by atomic mass is 16.7. The molecule has 0 fully saturated rings. The summed E-state index contributed by atoms with van der Waals surface area (Å²) in [5, 5.41) is 13.9. The van der Waals surface area contributed by atoms with Gasteiger partial charge in [-0.1, -0.05) is 0 Å². The minimum atomic E-state index is -0.383. The lowest BCUT2D eigenvalue weighted by molar-refractivity contribution is -0.384. The van der Waals surface area contributed by atoms with Crippen LogP contribution in [0.15, 0.2) is 23.2 Å². The molecule has 7 heteroatoms. The Kier molecular flexibility index (Phi) is 4.65. The zero-order valence-electron chi connectivity index (χ0n) is 11.5. The molecule has 1 aromatic carbocycles. The highest BCUT2D eigenvalue weighted by Crippen LogP contribution is 2.26. The second-order valence-electron chi connectivity index (χ2n) is 4.41. The van der Waals surface area contributed by atoms with Crippen molar-refractivity contribution in [2.24, 2.45) is 4.99 Å². The lowest BCUT2D eigenvalue weighted by Crippen LogP contribution is -2.23. The average Bonchev–Trinajstić information content (AvgIpc) is 2.47. The summed E-state index contributed by atoms with van der Waals surface area (Å²) in [6, 6.07) is 4.81. The SMILES string of the molecule is COC(CN=C1CCc2cc([N+](=O)[O-])ccc2N1)OC. The van der Waals surface area contributed by atoms with Crippen LogP contribution in [0.4, 0.5) is 11.4 Å². The number of rotatable bonds is 5. The standard InChI is InChI=1S/C13H17N3O4/c1-19-13(20-2)8-14-12-6-3-9-7-10(16(17)18)4-5-11(9)15-12/h4-5,7,13H,3,6,8H2,1-2H3,(H,14,15). The summed E-state index contributed by atoms with van der Waals surface area (Å²) < 4.78 is 10.1. The van der Waals surface area contributed by atoms with Gasteiger partial charge in [-0.25, -0.2) is 0 Å². The van der Waals surface area contributed by atoms with E-state index in [1.54, 1.807) is 26.4 Å². The topological polar surface area (TPSA) is 86.0 Å². The number of aliphatic imine (C=N–C) groups is 1. The van der Waals surface area contributed by atoms with E-state index in [4.69, 9.17) is 9.47 Å². The molecule has 0 aromatic heterocycles. The van der Waals surface area contributed by atoms with Gasteiger partial charge in [-0.05, 0) is 18.1 Å². The molecule has 1 heterocycles. The van der Waals surface area contributed by atoms with Gasteiger partial charge in [0.25, 0.3) is 5.69 Å². The van der Waals surface area contributed by atoms with Crippen molar-refractivity contribution in [2.45, 2.75) is 19.1 Å². The molecular weight excluding hydrogens is 262 g/mol. The van der Waals surface area contributed by atoms with Crippen molar-refractivity contribution in [3.8, 4) is 0 Å². The van der Waals surface area contributed by atoms with Crippen LogP contribution in [0.2, 0.25) is 0 Å². The first-order chi connectivity index (χ1) is 9.63. The van der Waals surface area contributed by atoms with Gasteiger partial charge in [0, 0.05) is 38.5 Å². The molecule has 1 aliphatic heterocycles. The van der Waals surface area contributed by atoms with Gasteiger partial charge in [0.1, 0.15) is 5.84 Å². The first-order valence-electron chi connectivity index (χ1n) is 6.27. The Hall–Kier alpha value is -1.99. The fraction of sp³-hybridized carbons (Fsp3) is 0.462. The third-order valence-electron chi connectivity index (χ3n) is 3.17. The van der Waals surface area contributed by atoms with Gasteiger partial charge in [0.2, 0.25) is 0 Å². The maximum Gasteiger partial charge on any atom is 0.269 e. The van der Waals surface area contributed by atoms with Crippen molar-refractivity contribution in [1.29, 1.82) is 0 Å². The van der Waals surface area contributed by atoms with Gasteiger partial charge in [-0.2, -0.15) is 0 Å². The van der Waals surface area contributed by atoms with Crippen molar-refractivity contribution >= 4 is 17.2 Å². The number of anilines is 1. The van der Waals surface area contributed by atoms with Crippen molar-refractivity contribution in [3.63, 3.8) is 0 Å². The summed E-state index contributed by atoms with van der Waals surface area (Å²) >= 11 is 0. The van der Waals surface area contributed by atoms with Gasteiger partial charge < -0.3 is 14.8 Å². The monoisotopic (exact) mass is 279 g/mol. The third-order valence-corrected chi connectivity index (χ3v) is 3.17. The Morgan fingerprint density at radius 2 is 2.15 bits per heavy atom. The minimum Gasteiger partial charge on any atom is -0.354 e. The van der Waals surface area contributed by atoms with Crippen LogP contribution in [-0.2, 0) is 15.9 Å². The molecular formula is C13H17N3O4. The summed E-state index contributed by atoms with van der Waals surface area (Å²) in [6.07, 6.45) is 1.09. The molecule has 0 saturated heterocycles. The minimum absolute atomic E-state index is 0.116. The van der Waals surface area contributed by atoms with Gasteiger partial charge in [0.05, 0.1) is 11.5 Å². The number of fused-ring (bicyclic) bond motifs is 1. The Balaban J connectivity index is 2.07. The molecule has 2 rings (SSSR count). The number of nitro benzene ring substituents is 1. The van der Waals surface area contributed by atoms with E-state index in [0.29, 0.717) is 13.0 Å². The molecule has 108 valence electrons. The van der Waals surface area contributed by atoms with Gasteiger partial charge in [-0.15, -0.1) is 0 Å². The largest absolute Gasteiger partial charge is 0.354 e. The molecule has 0 bridgehead atoms. The Bertz CT molecular complexity index is 526. The van der Waals surface area contributed by atoms with E-state index in [1.807, 2.05) is 0 Å². The van der Waals surface area contributed by atoms with Crippen LogP contribution in [0, 0.1) is 10.1 Å². The van der Waals surface area contributed by atoms with Crippen molar-refractivity contribution in [1.82, 2.24) is 0 Å². The summed E-state index contributed by atoms with van der Waals surface area (Å²) in [7, 11) is 3.13. The van der Waals surface area contributed by atoms with Crippen molar-refractivity contribution in [3.05, 3.63) is 33.9 Å². The predicted octanol–water partition coefficient (Wildman–Crippen LogP) is 1.97. The van der Waals surface area contributed by atoms with E-state index in [-0.39, 0.29) is 16.9 Å². The van der Waals surface area contributed by atoms with E-state index < -0.39 is 0 Å².